The second-order valence-corrected chi connectivity index (χ2v) is 7.34. The van der Waals surface area contributed by atoms with Crippen LogP contribution < -0.4 is 9.47 Å². The van der Waals surface area contributed by atoms with Crippen LogP contribution in [0.3, 0.4) is 0 Å². The molecule has 0 aliphatic carbocycles. The number of hydrogen-bond acceptors (Lipinski definition) is 5. The number of benzene rings is 1. The average Bonchev–Trinajstić information content (AvgIpc) is 3.28. The van der Waals surface area contributed by atoms with Gasteiger partial charge in [-0.3, -0.25) is 4.79 Å². The molecule has 6 heteroatoms. The minimum atomic E-state index is 0.0119. The molecule has 1 aromatic rings. The molecule has 3 aliphatic heterocycles. The number of fused-ring (bicyclic) bond motifs is 1. The Morgan fingerprint density at radius 1 is 1.08 bits per heavy atom. The van der Waals surface area contributed by atoms with Crippen molar-refractivity contribution in [3.05, 3.63) is 23.8 Å². The Labute approximate surface area is 148 Å². The smallest absolute Gasteiger partial charge is 0.254 e. The van der Waals surface area contributed by atoms with Crippen molar-refractivity contribution < 1.29 is 19.4 Å². The van der Waals surface area contributed by atoms with E-state index in [1.54, 1.807) is 18.2 Å². The molecule has 0 aromatic heterocycles. The highest BCUT2D eigenvalue weighted by Crippen LogP contribution is 2.34. The predicted octanol–water partition coefficient (Wildman–Crippen LogP) is 1.58. The first-order valence-electron chi connectivity index (χ1n) is 9.27. The van der Waals surface area contributed by atoms with Crippen LogP contribution in [0.15, 0.2) is 18.2 Å². The van der Waals surface area contributed by atoms with E-state index in [9.17, 15) is 9.90 Å². The predicted molar refractivity (Wildman–Crippen MR) is 92.8 cm³/mol. The van der Waals surface area contributed by atoms with Gasteiger partial charge in [0.1, 0.15) is 0 Å². The minimum Gasteiger partial charge on any atom is -0.454 e. The number of nitrogens with zero attached hydrogens (tertiary/aromatic N) is 2. The number of hydrogen-bond donors (Lipinski definition) is 1. The highest BCUT2D eigenvalue weighted by Gasteiger charge is 2.36. The topological polar surface area (TPSA) is 62.2 Å². The van der Waals surface area contributed by atoms with Crippen LogP contribution in [0.2, 0.25) is 0 Å². The Balaban J connectivity index is 1.42. The van der Waals surface area contributed by atoms with Gasteiger partial charge in [-0.15, -0.1) is 0 Å². The molecule has 2 atom stereocenters. The van der Waals surface area contributed by atoms with Gasteiger partial charge in [-0.25, -0.2) is 0 Å². The van der Waals surface area contributed by atoms with Crippen molar-refractivity contribution in [3.8, 4) is 11.5 Å². The highest BCUT2D eigenvalue weighted by atomic mass is 16.7. The number of amides is 1. The van der Waals surface area contributed by atoms with E-state index in [0.29, 0.717) is 29.5 Å². The molecule has 0 saturated carbocycles. The van der Waals surface area contributed by atoms with Crippen LogP contribution in [0, 0.1) is 11.8 Å². The summed E-state index contributed by atoms with van der Waals surface area (Å²) in [7, 11) is 0. The second kappa shape index (κ2) is 7.22. The second-order valence-electron chi connectivity index (χ2n) is 7.34. The van der Waals surface area contributed by atoms with Crippen LogP contribution in [0.4, 0.5) is 0 Å². The first kappa shape index (κ1) is 16.7. The number of rotatable bonds is 4. The summed E-state index contributed by atoms with van der Waals surface area (Å²) in [5.41, 5.74) is 0.625. The average molecular weight is 346 g/mol. The fraction of sp³-hybridized carbons (Fsp3) is 0.632. The molecule has 6 nitrogen and oxygen atoms in total. The van der Waals surface area contributed by atoms with Crippen molar-refractivity contribution in [1.29, 1.82) is 0 Å². The molecule has 3 heterocycles. The van der Waals surface area contributed by atoms with Gasteiger partial charge in [0.15, 0.2) is 11.5 Å². The third-order valence-corrected chi connectivity index (χ3v) is 5.66. The van der Waals surface area contributed by atoms with Crippen molar-refractivity contribution in [2.75, 3.05) is 46.1 Å². The van der Waals surface area contributed by atoms with Crippen LogP contribution in [0.5, 0.6) is 11.5 Å². The lowest BCUT2D eigenvalue weighted by molar-refractivity contribution is 0.0778. The number of likely N-dealkylation sites (tertiary alicyclic amines) is 2. The van der Waals surface area contributed by atoms with Crippen molar-refractivity contribution in [3.63, 3.8) is 0 Å². The van der Waals surface area contributed by atoms with Crippen LogP contribution in [0.1, 0.15) is 29.6 Å². The summed E-state index contributed by atoms with van der Waals surface area (Å²) in [6, 6.07) is 5.35. The molecule has 25 heavy (non-hydrogen) atoms. The van der Waals surface area contributed by atoms with Gasteiger partial charge in [0.05, 0.1) is 0 Å². The standard InChI is InChI=1S/C19H26N2O4/c22-12-16-11-21(10-15(16)9-20-6-2-1-3-7-20)19(23)14-4-5-17-18(8-14)25-13-24-17/h4-5,8,15-16,22H,1-3,6-7,9-13H2. The van der Waals surface area contributed by atoms with E-state index in [1.807, 2.05) is 4.90 Å². The van der Waals surface area contributed by atoms with Gasteiger partial charge >= 0.3 is 0 Å². The summed E-state index contributed by atoms with van der Waals surface area (Å²) in [5, 5.41) is 9.77. The van der Waals surface area contributed by atoms with E-state index in [1.165, 1.54) is 19.3 Å². The van der Waals surface area contributed by atoms with Gasteiger partial charge in [-0.05, 0) is 50.0 Å². The van der Waals surface area contributed by atoms with E-state index < -0.39 is 0 Å². The highest BCUT2D eigenvalue weighted by molar-refractivity contribution is 5.95. The van der Waals surface area contributed by atoms with E-state index >= 15 is 0 Å². The Hall–Kier alpha value is -1.79. The maximum Gasteiger partial charge on any atom is 0.254 e. The fourth-order valence-electron chi connectivity index (χ4n) is 4.20. The molecule has 2 fully saturated rings. The lowest BCUT2D eigenvalue weighted by atomic mass is 9.95. The molecule has 0 radical (unpaired) electrons. The molecule has 0 bridgehead atoms. The Kier molecular flexibility index (Phi) is 4.81. The zero-order valence-electron chi connectivity index (χ0n) is 14.5. The van der Waals surface area contributed by atoms with Gasteiger partial charge in [-0.2, -0.15) is 0 Å². The number of aliphatic hydroxyl groups excluding tert-OH is 1. The van der Waals surface area contributed by atoms with Crippen LogP contribution in [0.25, 0.3) is 0 Å². The maximum atomic E-state index is 12.9. The number of aliphatic hydroxyl groups is 1. The summed E-state index contributed by atoms with van der Waals surface area (Å²) in [6.07, 6.45) is 3.84. The molecule has 1 N–H and O–H groups in total. The normalized spacial score (nSPS) is 26.2. The van der Waals surface area contributed by atoms with E-state index in [-0.39, 0.29) is 25.2 Å². The summed E-state index contributed by atoms with van der Waals surface area (Å²) in [6.45, 7) is 4.97. The first-order chi connectivity index (χ1) is 12.2. The lowest BCUT2D eigenvalue weighted by Gasteiger charge is -2.30. The zero-order valence-corrected chi connectivity index (χ0v) is 14.5. The van der Waals surface area contributed by atoms with Crippen molar-refractivity contribution >= 4 is 5.91 Å². The number of carbonyl (C=O) groups excluding carboxylic acids is 1. The molecule has 2 unspecified atom stereocenters. The van der Waals surface area contributed by atoms with Crippen LogP contribution >= 0.6 is 0 Å². The third kappa shape index (κ3) is 3.46. The summed E-state index contributed by atoms with van der Waals surface area (Å²) in [5.74, 6) is 1.85. The maximum absolute atomic E-state index is 12.9. The van der Waals surface area contributed by atoms with E-state index in [2.05, 4.69) is 4.90 Å². The third-order valence-electron chi connectivity index (χ3n) is 5.66. The SMILES string of the molecule is O=C(c1ccc2c(c1)OCO2)N1CC(CO)C(CN2CCCCC2)C1. The van der Waals surface area contributed by atoms with Crippen molar-refractivity contribution in [2.24, 2.45) is 11.8 Å². The number of ether oxygens (including phenoxy) is 2. The van der Waals surface area contributed by atoms with Crippen LogP contribution in [-0.4, -0.2) is 66.9 Å². The molecule has 0 spiro atoms. The Bertz CT molecular complexity index is 630. The molecular formula is C19H26N2O4. The molecule has 4 rings (SSSR count). The fourth-order valence-corrected chi connectivity index (χ4v) is 4.20. The summed E-state index contributed by atoms with van der Waals surface area (Å²) < 4.78 is 10.7. The lowest BCUT2D eigenvalue weighted by Crippen LogP contribution is -2.37. The molecule has 2 saturated heterocycles. The van der Waals surface area contributed by atoms with Crippen molar-refractivity contribution in [1.82, 2.24) is 9.80 Å². The Morgan fingerprint density at radius 2 is 1.84 bits per heavy atom. The Morgan fingerprint density at radius 3 is 2.64 bits per heavy atom. The molecule has 1 aromatic carbocycles. The van der Waals surface area contributed by atoms with Gasteiger partial charge < -0.3 is 24.4 Å². The monoisotopic (exact) mass is 346 g/mol. The summed E-state index contributed by atoms with van der Waals surface area (Å²) in [4.78, 5) is 17.3. The molecule has 1 amide bonds. The van der Waals surface area contributed by atoms with E-state index in [0.717, 1.165) is 26.2 Å². The van der Waals surface area contributed by atoms with Gasteiger partial charge in [0, 0.05) is 37.7 Å². The van der Waals surface area contributed by atoms with Crippen LogP contribution in [-0.2, 0) is 0 Å². The van der Waals surface area contributed by atoms with Gasteiger partial charge in [0.25, 0.3) is 5.91 Å². The van der Waals surface area contributed by atoms with E-state index in [4.69, 9.17) is 9.47 Å². The largest absolute Gasteiger partial charge is 0.454 e. The van der Waals surface area contributed by atoms with Crippen molar-refractivity contribution in [2.45, 2.75) is 19.3 Å². The number of carbonyl (C=O) groups is 1. The molecular weight excluding hydrogens is 320 g/mol. The minimum absolute atomic E-state index is 0.0119. The van der Waals surface area contributed by atoms with Gasteiger partial charge in [-0.1, -0.05) is 6.42 Å². The summed E-state index contributed by atoms with van der Waals surface area (Å²) >= 11 is 0. The first-order valence-corrected chi connectivity index (χ1v) is 9.27. The zero-order chi connectivity index (χ0) is 17.2. The van der Waals surface area contributed by atoms with Gasteiger partial charge in [0.2, 0.25) is 6.79 Å². The molecule has 136 valence electrons. The quantitative estimate of drug-likeness (QED) is 0.897. The molecule has 3 aliphatic rings. The number of piperidine rings is 1.